The molecule has 124 valence electrons. The summed E-state index contributed by atoms with van der Waals surface area (Å²) in [5.74, 6) is 0.944. The molecule has 6 nitrogen and oxygen atoms in total. The average Bonchev–Trinajstić information content (AvgIpc) is 3.13. The second-order valence-electron chi connectivity index (χ2n) is 5.58. The Kier molecular flexibility index (Phi) is 4.71. The van der Waals surface area contributed by atoms with Crippen LogP contribution in [0, 0.1) is 20.8 Å². The number of aryl methyl sites for hydroxylation is 3. The van der Waals surface area contributed by atoms with Gasteiger partial charge in [0.1, 0.15) is 0 Å². The summed E-state index contributed by atoms with van der Waals surface area (Å²) in [5, 5.41) is 6.89. The van der Waals surface area contributed by atoms with E-state index in [2.05, 4.69) is 19.8 Å². The average molecular weight is 342 g/mol. The molecule has 24 heavy (non-hydrogen) atoms. The molecule has 3 aromatic rings. The van der Waals surface area contributed by atoms with Gasteiger partial charge in [-0.1, -0.05) is 35.5 Å². The highest BCUT2D eigenvalue weighted by molar-refractivity contribution is 7.06. The second-order valence-corrected chi connectivity index (χ2v) is 6.55. The minimum atomic E-state index is -0.253. The lowest BCUT2D eigenvalue weighted by atomic mass is 10.0. The van der Waals surface area contributed by atoms with Crippen molar-refractivity contribution in [1.29, 1.82) is 0 Å². The predicted molar refractivity (Wildman–Crippen MR) is 91.0 cm³/mol. The van der Waals surface area contributed by atoms with Crippen molar-refractivity contribution in [2.45, 2.75) is 33.2 Å². The van der Waals surface area contributed by atoms with Gasteiger partial charge in [-0.2, -0.15) is 9.36 Å². The Morgan fingerprint density at radius 3 is 2.58 bits per heavy atom. The van der Waals surface area contributed by atoms with Crippen LogP contribution in [-0.4, -0.2) is 20.4 Å². The Bertz CT molecular complexity index is 822. The number of nitrogens with zero attached hydrogens (tertiary/aromatic N) is 3. The fourth-order valence-electron chi connectivity index (χ4n) is 2.57. The molecule has 2 heterocycles. The molecule has 1 unspecified atom stereocenters. The molecular formula is C17H18N4O2S. The van der Waals surface area contributed by atoms with Crippen molar-refractivity contribution in [3.63, 3.8) is 0 Å². The Labute approximate surface area is 144 Å². The van der Waals surface area contributed by atoms with Gasteiger partial charge in [-0.15, -0.1) is 0 Å². The molecule has 1 N–H and O–H groups in total. The van der Waals surface area contributed by atoms with Crippen LogP contribution < -0.4 is 5.32 Å². The van der Waals surface area contributed by atoms with Gasteiger partial charge in [-0.3, -0.25) is 4.79 Å². The first kappa shape index (κ1) is 16.3. The van der Waals surface area contributed by atoms with E-state index in [4.69, 9.17) is 4.52 Å². The first-order chi connectivity index (χ1) is 11.5. The molecule has 0 aliphatic rings. The SMILES string of the molecule is Cc1noc(CC(NC(=O)c2c(C)nsc2C)c2ccccc2)n1. The number of aromatic nitrogens is 3. The van der Waals surface area contributed by atoms with E-state index >= 15 is 0 Å². The van der Waals surface area contributed by atoms with Crippen molar-refractivity contribution in [1.82, 2.24) is 19.8 Å². The van der Waals surface area contributed by atoms with Crippen LogP contribution in [0.25, 0.3) is 0 Å². The molecule has 2 aromatic heterocycles. The zero-order chi connectivity index (χ0) is 17.1. The molecular weight excluding hydrogens is 324 g/mol. The molecule has 1 atom stereocenters. The fraction of sp³-hybridized carbons (Fsp3) is 0.294. The van der Waals surface area contributed by atoms with Gasteiger partial charge in [0.25, 0.3) is 5.91 Å². The first-order valence-corrected chi connectivity index (χ1v) is 8.40. The molecule has 1 aromatic carbocycles. The minimum Gasteiger partial charge on any atom is -0.345 e. The minimum absolute atomic E-state index is 0.135. The monoisotopic (exact) mass is 342 g/mol. The number of hydrogen-bond acceptors (Lipinski definition) is 6. The van der Waals surface area contributed by atoms with Gasteiger partial charge >= 0.3 is 0 Å². The third-order valence-corrected chi connectivity index (χ3v) is 4.56. The third kappa shape index (κ3) is 3.51. The molecule has 0 saturated carbocycles. The van der Waals surface area contributed by atoms with E-state index in [0.29, 0.717) is 23.7 Å². The maximum absolute atomic E-state index is 12.7. The Morgan fingerprint density at radius 2 is 2.00 bits per heavy atom. The van der Waals surface area contributed by atoms with Crippen LogP contribution in [-0.2, 0) is 6.42 Å². The van der Waals surface area contributed by atoms with Crippen molar-refractivity contribution in [3.05, 3.63) is 63.7 Å². The van der Waals surface area contributed by atoms with Gasteiger partial charge < -0.3 is 9.84 Å². The van der Waals surface area contributed by atoms with Crippen LogP contribution in [0.2, 0.25) is 0 Å². The smallest absolute Gasteiger partial charge is 0.254 e. The zero-order valence-electron chi connectivity index (χ0n) is 13.7. The van der Waals surface area contributed by atoms with Gasteiger partial charge in [0, 0.05) is 4.88 Å². The summed E-state index contributed by atoms with van der Waals surface area (Å²) in [5.41, 5.74) is 2.37. The molecule has 7 heteroatoms. The summed E-state index contributed by atoms with van der Waals surface area (Å²) in [6.45, 7) is 5.52. The number of hydrogen-bond donors (Lipinski definition) is 1. The van der Waals surface area contributed by atoms with E-state index in [-0.39, 0.29) is 11.9 Å². The summed E-state index contributed by atoms with van der Waals surface area (Å²) >= 11 is 1.34. The van der Waals surface area contributed by atoms with E-state index in [0.717, 1.165) is 16.1 Å². The van der Waals surface area contributed by atoms with Crippen molar-refractivity contribution in [2.24, 2.45) is 0 Å². The summed E-state index contributed by atoms with van der Waals surface area (Å²) in [6, 6.07) is 9.51. The molecule has 3 rings (SSSR count). The topological polar surface area (TPSA) is 80.9 Å². The van der Waals surface area contributed by atoms with Gasteiger partial charge in [0.05, 0.1) is 23.7 Å². The molecule has 0 fully saturated rings. The van der Waals surface area contributed by atoms with Crippen LogP contribution in [0.5, 0.6) is 0 Å². The highest BCUT2D eigenvalue weighted by Gasteiger charge is 2.22. The standard InChI is InChI=1S/C17H18N4O2S/c1-10-16(11(2)24-21-10)17(22)19-14(13-7-5-4-6-8-13)9-15-18-12(3)20-23-15/h4-8,14H,9H2,1-3H3,(H,19,22). The summed E-state index contributed by atoms with van der Waals surface area (Å²) in [4.78, 5) is 17.9. The molecule has 0 bridgehead atoms. The number of carbonyl (C=O) groups excluding carboxylic acids is 1. The Balaban J connectivity index is 1.86. The molecule has 0 saturated heterocycles. The molecule has 0 aliphatic heterocycles. The second kappa shape index (κ2) is 6.92. The quantitative estimate of drug-likeness (QED) is 0.770. The molecule has 0 spiro atoms. The third-order valence-electron chi connectivity index (χ3n) is 3.72. The Hall–Kier alpha value is -2.54. The zero-order valence-corrected chi connectivity index (χ0v) is 14.6. The van der Waals surface area contributed by atoms with E-state index in [1.54, 1.807) is 6.92 Å². The maximum Gasteiger partial charge on any atom is 0.254 e. The van der Waals surface area contributed by atoms with Crippen LogP contribution in [0.1, 0.15) is 44.2 Å². The van der Waals surface area contributed by atoms with Crippen LogP contribution in [0.3, 0.4) is 0 Å². The molecule has 0 radical (unpaired) electrons. The predicted octanol–water partition coefficient (Wildman–Crippen LogP) is 3.17. The first-order valence-electron chi connectivity index (χ1n) is 7.62. The van der Waals surface area contributed by atoms with E-state index < -0.39 is 0 Å². The van der Waals surface area contributed by atoms with Gasteiger partial charge in [-0.05, 0) is 37.9 Å². The Morgan fingerprint density at radius 1 is 1.25 bits per heavy atom. The number of benzene rings is 1. The van der Waals surface area contributed by atoms with Gasteiger partial charge in [-0.25, -0.2) is 0 Å². The number of amides is 1. The summed E-state index contributed by atoms with van der Waals surface area (Å²) < 4.78 is 9.46. The van der Waals surface area contributed by atoms with Crippen molar-refractivity contribution in [2.75, 3.05) is 0 Å². The summed E-state index contributed by atoms with van der Waals surface area (Å²) in [6.07, 6.45) is 0.437. The van der Waals surface area contributed by atoms with Gasteiger partial charge in [0.2, 0.25) is 5.89 Å². The van der Waals surface area contributed by atoms with E-state index in [9.17, 15) is 4.79 Å². The summed E-state index contributed by atoms with van der Waals surface area (Å²) in [7, 11) is 0. The van der Waals surface area contributed by atoms with Crippen LogP contribution >= 0.6 is 11.5 Å². The van der Waals surface area contributed by atoms with E-state index in [1.165, 1.54) is 11.5 Å². The van der Waals surface area contributed by atoms with Crippen LogP contribution in [0.15, 0.2) is 34.9 Å². The normalized spacial score (nSPS) is 12.1. The molecule has 1 amide bonds. The number of carbonyl (C=O) groups is 1. The van der Waals surface area contributed by atoms with Crippen molar-refractivity contribution < 1.29 is 9.32 Å². The van der Waals surface area contributed by atoms with Crippen molar-refractivity contribution in [3.8, 4) is 0 Å². The van der Waals surface area contributed by atoms with E-state index in [1.807, 2.05) is 44.2 Å². The highest BCUT2D eigenvalue weighted by atomic mass is 32.1. The van der Waals surface area contributed by atoms with Crippen molar-refractivity contribution >= 4 is 17.4 Å². The highest BCUT2D eigenvalue weighted by Crippen LogP contribution is 2.21. The number of rotatable bonds is 5. The number of nitrogens with one attached hydrogen (secondary N) is 1. The van der Waals surface area contributed by atoms with Gasteiger partial charge in [0.15, 0.2) is 5.82 Å². The van der Waals surface area contributed by atoms with Crippen LogP contribution in [0.4, 0.5) is 0 Å². The largest absolute Gasteiger partial charge is 0.345 e. The molecule has 0 aliphatic carbocycles. The lowest BCUT2D eigenvalue weighted by molar-refractivity contribution is 0.0934. The fourth-order valence-corrected chi connectivity index (χ4v) is 3.27. The lowest BCUT2D eigenvalue weighted by Gasteiger charge is -2.18. The maximum atomic E-state index is 12.7. The lowest BCUT2D eigenvalue weighted by Crippen LogP contribution is -2.30.